The second-order valence-electron chi connectivity index (χ2n) is 4.67. The van der Waals surface area contributed by atoms with Crippen LogP contribution < -0.4 is 4.74 Å². The molecule has 0 aliphatic heterocycles. The number of aliphatic hydroxyl groups is 1. The van der Waals surface area contributed by atoms with Crippen LogP contribution in [0.5, 0.6) is 5.75 Å². The highest BCUT2D eigenvalue weighted by molar-refractivity contribution is 6.31. The third-order valence-corrected chi connectivity index (χ3v) is 3.56. The van der Waals surface area contributed by atoms with Crippen LogP contribution in [0.3, 0.4) is 0 Å². The molecule has 2 aromatic carbocycles. The summed E-state index contributed by atoms with van der Waals surface area (Å²) in [6.45, 7) is 1.92. The predicted molar refractivity (Wildman–Crippen MR) is 77.8 cm³/mol. The Hall–Kier alpha value is -1.58. The van der Waals surface area contributed by atoms with E-state index < -0.39 is 11.9 Å². The fraction of sp³-hybridized carbons (Fsp3) is 0.250. The molecule has 0 radical (unpaired) electrons. The van der Waals surface area contributed by atoms with E-state index in [1.807, 2.05) is 19.1 Å². The molecule has 0 aromatic heterocycles. The van der Waals surface area contributed by atoms with Gasteiger partial charge in [0.15, 0.2) is 0 Å². The summed E-state index contributed by atoms with van der Waals surface area (Å²) in [4.78, 5) is 0. The van der Waals surface area contributed by atoms with Crippen molar-refractivity contribution in [1.29, 1.82) is 0 Å². The molecule has 0 aliphatic carbocycles. The second-order valence-corrected chi connectivity index (χ2v) is 5.07. The lowest BCUT2D eigenvalue weighted by atomic mass is 9.98. The Morgan fingerprint density at radius 2 is 2.05 bits per heavy atom. The van der Waals surface area contributed by atoms with Gasteiger partial charge in [0.05, 0.1) is 13.2 Å². The number of halogens is 2. The summed E-state index contributed by atoms with van der Waals surface area (Å²) in [5.74, 6) is 0.165. The highest BCUT2D eigenvalue weighted by atomic mass is 35.5. The van der Waals surface area contributed by atoms with Crippen LogP contribution in [-0.2, 0) is 6.42 Å². The van der Waals surface area contributed by atoms with Crippen molar-refractivity contribution in [3.63, 3.8) is 0 Å². The van der Waals surface area contributed by atoms with E-state index in [1.165, 1.54) is 13.2 Å². The molecular formula is C16H16ClFO2. The van der Waals surface area contributed by atoms with Crippen LogP contribution in [0.1, 0.15) is 22.8 Å². The third kappa shape index (κ3) is 3.11. The Morgan fingerprint density at radius 3 is 2.70 bits per heavy atom. The minimum absolute atomic E-state index is 0.102. The van der Waals surface area contributed by atoms with Crippen molar-refractivity contribution in [2.75, 3.05) is 7.11 Å². The second kappa shape index (κ2) is 6.25. The summed E-state index contributed by atoms with van der Waals surface area (Å²) >= 11 is 5.98. The Labute approximate surface area is 122 Å². The van der Waals surface area contributed by atoms with Gasteiger partial charge >= 0.3 is 0 Å². The predicted octanol–water partition coefficient (Wildman–Crippen LogP) is 4.07. The molecule has 2 aromatic rings. The summed E-state index contributed by atoms with van der Waals surface area (Å²) in [5.41, 5.74) is 1.94. The van der Waals surface area contributed by atoms with Gasteiger partial charge in [0.2, 0.25) is 0 Å². The van der Waals surface area contributed by atoms with Gasteiger partial charge in [-0.15, -0.1) is 0 Å². The number of ether oxygens (including phenoxy) is 1. The first-order valence-electron chi connectivity index (χ1n) is 6.28. The van der Waals surface area contributed by atoms with Gasteiger partial charge in [-0.1, -0.05) is 29.3 Å². The number of aliphatic hydroxyl groups excluding tert-OH is 1. The Bertz CT molecular complexity index is 593. The van der Waals surface area contributed by atoms with E-state index in [9.17, 15) is 9.50 Å². The molecule has 2 rings (SSSR count). The summed E-state index contributed by atoms with van der Waals surface area (Å²) in [6, 6.07) is 10.0. The largest absolute Gasteiger partial charge is 0.496 e. The number of aryl methyl sites for hydroxylation is 1. The van der Waals surface area contributed by atoms with Crippen molar-refractivity contribution in [2.24, 2.45) is 0 Å². The standard InChI is InChI=1S/C16H16ClFO2/c1-10-6-7-16(20-2)12(8-10)15(19)9-11-13(17)4-3-5-14(11)18/h3-8,15,19H,9H2,1-2H3. The minimum atomic E-state index is -0.876. The molecule has 106 valence electrons. The fourth-order valence-corrected chi connectivity index (χ4v) is 2.38. The van der Waals surface area contributed by atoms with Gasteiger partial charge in [0.25, 0.3) is 0 Å². The molecular weight excluding hydrogens is 279 g/mol. The maximum atomic E-state index is 13.8. The fourth-order valence-electron chi connectivity index (χ4n) is 2.14. The molecule has 0 spiro atoms. The first kappa shape index (κ1) is 14.8. The van der Waals surface area contributed by atoms with Crippen molar-refractivity contribution in [2.45, 2.75) is 19.4 Å². The molecule has 20 heavy (non-hydrogen) atoms. The topological polar surface area (TPSA) is 29.5 Å². The van der Waals surface area contributed by atoms with Crippen molar-refractivity contribution in [1.82, 2.24) is 0 Å². The number of benzene rings is 2. The molecule has 0 amide bonds. The summed E-state index contributed by atoms with van der Waals surface area (Å²) in [7, 11) is 1.54. The molecule has 1 N–H and O–H groups in total. The highest BCUT2D eigenvalue weighted by Crippen LogP contribution is 2.31. The van der Waals surface area contributed by atoms with Crippen LogP contribution in [0, 0.1) is 12.7 Å². The van der Waals surface area contributed by atoms with E-state index in [2.05, 4.69) is 0 Å². The molecule has 2 nitrogen and oxygen atoms in total. The number of hydrogen-bond donors (Lipinski definition) is 1. The summed E-state index contributed by atoms with van der Waals surface area (Å²) in [6.07, 6.45) is -0.773. The monoisotopic (exact) mass is 294 g/mol. The van der Waals surface area contributed by atoms with Crippen LogP contribution >= 0.6 is 11.6 Å². The molecule has 0 bridgehead atoms. The van der Waals surface area contributed by atoms with Gasteiger partial charge < -0.3 is 9.84 Å². The third-order valence-electron chi connectivity index (χ3n) is 3.20. The summed E-state index contributed by atoms with van der Waals surface area (Å²) in [5, 5.41) is 10.7. The van der Waals surface area contributed by atoms with Crippen molar-refractivity contribution in [3.05, 3.63) is 63.9 Å². The van der Waals surface area contributed by atoms with Gasteiger partial charge in [0.1, 0.15) is 11.6 Å². The van der Waals surface area contributed by atoms with E-state index in [0.717, 1.165) is 5.56 Å². The molecule has 0 saturated carbocycles. The smallest absolute Gasteiger partial charge is 0.127 e. The molecule has 0 saturated heterocycles. The van der Waals surface area contributed by atoms with Gasteiger partial charge in [-0.3, -0.25) is 0 Å². The zero-order valence-corrected chi connectivity index (χ0v) is 12.1. The van der Waals surface area contributed by atoms with Gasteiger partial charge in [-0.2, -0.15) is 0 Å². The van der Waals surface area contributed by atoms with Gasteiger partial charge in [-0.25, -0.2) is 4.39 Å². The maximum absolute atomic E-state index is 13.8. The van der Waals surface area contributed by atoms with E-state index in [0.29, 0.717) is 21.9 Å². The van der Waals surface area contributed by atoms with Gasteiger partial charge in [-0.05, 0) is 31.2 Å². The molecule has 0 heterocycles. The zero-order valence-electron chi connectivity index (χ0n) is 11.4. The molecule has 1 atom stereocenters. The van der Waals surface area contributed by atoms with Crippen LogP contribution in [-0.4, -0.2) is 12.2 Å². The average Bonchev–Trinajstić information content (AvgIpc) is 2.43. The first-order valence-corrected chi connectivity index (χ1v) is 6.66. The highest BCUT2D eigenvalue weighted by Gasteiger charge is 2.17. The normalized spacial score (nSPS) is 12.2. The van der Waals surface area contributed by atoms with Crippen molar-refractivity contribution < 1.29 is 14.2 Å². The summed E-state index contributed by atoms with van der Waals surface area (Å²) < 4.78 is 19.0. The van der Waals surface area contributed by atoms with E-state index in [4.69, 9.17) is 16.3 Å². The van der Waals surface area contributed by atoms with Crippen LogP contribution in [0.25, 0.3) is 0 Å². The molecule has 0 fully saturated rings. The van der Waals surface area contributed by atoms with Crippen LogP contribution in [0.15, 0.2) is 36.4 Å². The average molecular weight is 295 g/mol. The van der Waals surface area contributed by atoms with E-state index >= 15 is 0 Å². The SMILES string of the molecule is COc1ccc(C)cc1C(O)Cc1c(F)cccc1Cl. The van der Waals surface area contributed by atoms with Gasteiger partial charge in [0, 0.05) is 22.6 Å². The number of methoxy groups -OCH3 is 1. The van der Waals surface area contributed by atoms with Crippen molar-refractivity contribution in [3.8, 4) is 5.75 Å². The molecule has 1 unspecified atom stereocenters. The lowest BCUT2D eigenvalue weighted by Crippen LogP contribution is -2.06. The van der Waals surface area contributed by atoms with E-state index in [-0.39, 0.29) is 6.42 Å². The Balaban J connectivity index is 2.33. The van der Waals surface area contributed by atoms with Crippen LogP contribution in [0.4, 0.5) is 4.39 Å². The van der Waals surface area contributed by atoms with E-state index in [1.54, 1.807) is 18.2 Å². The number of rotatable bonds is 4. The quantitative estimate of drug-likeness (QED) is 0.921. The number of hydrogen-bond acceptors (Lipinski definition) is 2. The lowest BCUT2D eigenvalue weighted by Gasteiger charge is -2.16. The van der Waals surface area contributed by atoms with Crippen molar-refractivity contribution >= 4 is 11.6 Å². The lowest BCUT2D eigenvalue weighted by molar-refractivity contribution is 0.172. The van der Waals surface area contributed by atoms with Crippen LogP contribution in [0.2, 0.25) is 5.02 Å². The molecule has 4 heteroatoms. The minimum Gasteiger partial charge on any atom is -0.496 e. The maximum Gasteiger partial charge on any atom is 0.127 e. The zero-order chi connectivity index (χ0) is 14.7. The Morgan fingerprint density at radius 1 is 1.30 bits per heavy atom. The molecule has 0 aliphatic rings. The Kier molecular flexibility index (Phi) is 4.63. The first-order chi connectivity index (χ1) is 9.52.